The number of para-hydroxylation sites is 2. The number of hydrogen-bond acceptors (Lipinski definition) is 6. The first kappa shape index (κ1) is 24.2. The molecule has 0 spiro atoms. The Kier molecular flexibility index (Phi) is 7.76. The monoisotopic (exact) mass is 459 g/mol. The van der Waals surface area contributed by atoms with Crippen molar-refractivity contribution in [2.45, 2.75) is 20.8 Å². The Bertz CT molecular complexity index is 1230. The van der Waals surface area contributed by atoms with E-state index in [1.807, 2.05) is 32.0 Å². The van der Waals surface area contributed by atoms with E-state index in [-0.39, 0.29) is 0 Å². The van der Waals surface area contributed by atoms with Crippen LogP contribution in [0.25, 0.3) is 0 Å². The van der Waals surface area contributed by atoms with Gasteiger partial charge in [-0.05, 0) is 73.9 Å². The first-order valence-electron chi connectivity index (χ1n) is 10.5. The molecule has 8 nitrogen and oxygen atoms in total. The molecule has 0 saturated heterocycles. The molecule has 2 N–H and O–H groups in total. The molecule has 0 aliphatic rings. The fraction of sp³-hybridized carbons (Fsp3) is 0.154. The van der Waals surface area contributed by atoms with Crippen LogP contribution in [0.4, 0.5) is 5.69 Å². The molecule has 0 radical (unpaired) electrons. The minimum atomic E-state index is -0.885. The Labute approximate surface area is 197 Å². The van der Waals surface area contributed by atoms with Gasteiger partial charge in [0.15, 0.2) is 0 Å². The molecule has 3 aromatic carbocycles. The van der Waals surface area contributed by atoms with Gasteiger partial charge in [-0.15, -0.1) is 0 Å². The third-order valence-corrected chi connectivity index (χ3v) is 5.06. The fourth-order valence-corrected chi connectivity index (χ4v) is 3.17. The fourth-order valence-electron chi connectivity index (χ4n) is 3.17. The third-order valence-electron chi connectivity index (χ3n) is 5.06. The molecular formula is C26H25N3O5. The lowest BCUT2D eigenvalue weighted by Crippen LogP contribution is -2.33. The second kappa shape index (κ2) is 10.9. The topological polar surface area (TPSA) is 106 Å². The van der Waals surface area contributed by atoms with Crippen molar-refractivity contribution in [2.75, 3.05) is 12.4 Å². The summed E-state index contributed by atoms with van der Waals surface area (Å²) in [7, 11) is 1.48. The number of anilines is 1. The molecule has 0 aliphatic heterocycles. The molecule has 0 fully saturated rings. The lowest BCUT2D eigenvalue weighted by atomic mass is 10.1. The lowest BCUT2D eigenvalue weighted by Gasteiger charge is -2.10. The first-order valence-corrected chi connectivity index (χ1v) is 10.5. The maximum absolute atomic E-state index is 12.4. The van der Waals surface area contributed by atoms with E-state index in [2.05, 4.69) is 15.8 Å². The van der Waals surface area contributed by atoms with Gasteiger partial charge in [-0.2, -0.15) is 5.10 Å². The van der Waals surface area contributed by atoms with Gasteiger partial charge in [0.2, 0.25) is 0 Å². The molecule has 34 heavy (non-hydrogen) atoms. The predicted molar refractivity (Wildman–Crippen MR) is 129 cm³/mol. The summed E-state index contributed by atoms with van der Waals surface area (Å²) in [6.07, 6.45) is 0. The summed E-state index contributed by atoms with van der Waals surface area (Å²) in [6.45, 7) is 5.37. The van der Waals surface area contributed by atoms with Gasteiger partial charge in [0, 0.05) is 5.69 Å². The van der Waals surface area contributed by atoms with Gasteiger partial charge in [0.05, 0.1) is 12.8 Å². The van der Waals surface area contributed by atoms with Gasteiger partial charge in [0.25, 0.3) is 0 Å². The third kappa shape index (κ3) is 5.86. The maximum Gasteiger partial charge on any atom is 0.347 e. The van der Waals surface area contributed by atoms with Crippen LogP contribution in [0.15, 0.2) is 71.8 Å². The molecule has 0 bridgehead atoms. The van der Waals surface area contributed by atoms with Gasteiger partial charge in [-0.25, -0.2) is 10.2 Å². The summed E-state index contributed by atoms with van der Waals surface area (Å²) in [4.78, 5) is 36.8. The molecule has 3 aromatic rings. The minimum Gasteiger partial charge on any atom is -0.496 e. The van der Waals surface area contributed by atoms with E-state index in [9.17, 15) is 14.4 Å². The van der Waals surface area contributed by atoms with E-state index >= 15 is 0 Å². The van der Waals surface area contributed by atoms with E-state index in [0.717, 1.165) is 11.1 Å². The number of hydrogen-bond donors (Lipinski definition) is 2. The van der Waals surface area contributed by atoms with Crippen LogP contribution in [0.1, 0.15) is 34.0 Å². The summed E-state index contributed by atoms with van der Waals surface area (Å²) in [5.41, 5.74) is 6.02. The van der Waals surface area contributed by atoms with E-state index < -0.39 is 17.8 Å². The largest absolute Gasteiger partial charge is 0.496 e. The molecule has 0 aromatic heterocycles. The number of hydrazone groups is 1. The average Bonchev–Trinajstić information content (AvgIpc) is 2.84. The maximum atomic E-state index is 12.4. The van der Waals surface area contributed by atoms with Crippen LogP contribution in [-0.4, -0.2) is 30.6 Å². The average molecular weight is 460 g/mol. The highest BCUT2D eigenvalue weighted by atomic mass is 16.5. The van der Waals surface area contributed by atoms with Crippen LogP contribution in [0.5, 0.6) is 11.5 Å². The second-order valence-corrected chi connectivity index (χ2v) is 7.47. The number of amides is 2. The Morgan fingerprint density at radius 2 is 1.47 bits per heavy atom. The standard InChI is InChI=1S/C26H25N3O5/c1-16-8-7-9-17(2)23(16)27-24(30)25(31)29-28-18(3)19-12-14-20(15-13-19)34-26(32)21-10-5-6-11-22(21)33-4/h5-15H,1-4H3,(H,27,30)(H,29,31)/b28-18+. The summed E-state index contributed by atoms with van der Waals surface area (Å²) >= 11 is 0. The van der Waals surface area contributed by atoms with E-state index in [1.54, 1.807) is 55.5 Å². The quantitative estimate of drug-likeness (QED) is 0.190. The normalized spacial score (nSPS) is 10.9. The van der Waals surface area contributed by atoms with E-state index in [4.69, 9.17) is 9.47 Å². The Morgan fingerprint density at radius 3 is 2.12 bits per heavy atom. The van der Waals surface area contributed by atoms with Crippen molar-refractivity contribution in [3.05, 3.63) is 89.0 Å². The van der Waals surface area contributed by atoms with Crippen LogP contribution >= 0.6 is 0 Å². The van der Waals surface area contributed by atoms with Crippen LogP contribution in [0.3, 0.4) is 0 Å². The smallest absolute Gasteiger partial charge is 0.347 e. The molecule has 0 aliphatic carbocycles. The summed E-state index contributed by atoms with van der Waals surface area (Å²) in [6, 6.07) is 18.9. The number of nitrogens with zero attached hydrogens (tertiary/aromatic N) is 1. The Morgan fingerprint density at radius 1 is 0.824 bits per heavy atom. The van der Waals surface area contributed by atoms with Crippen molar-refractivity contribution >= 4 is 29.2 Å². The second-order valence-electron chi connectivity index (χ2n) is 7.47. The number of benzene rings is 3. The molecular weight excluding hydrogens is 434 g/mol. The summed E-state index contributed by atoms with van der Waals surface area (Å²) in [5.74, 6) is -1.48. The number of esters is 1. The molecule has 3 rings (SSSR count). The molecule has 0 heterocycles. The van der Waals surface area contributed by atoms with E-state index in [0.29, 0.717) is 34.0 Å². The van der Waals surface area contributed by atoms with Crippen molar-refractivity contribution in [2.24, 2.45) is 5.10 Å². The van der Waals surface area contributed by atoms with Crippen LogP contribution in [0.2, 0.25) is 0 Å². The number of ether oxygens (including phenoxy) is 2. The predicted octanol–water partition coefficient (Wildman–Crippen LogP) is 4.01. The zero-order valence-corrected chi connectivity index (χ0v) is 19.3. The molecule has 174 valence electrons. The van der Waals surface area contributed by atoms with Gasteiger partial charge < -0.3 is 14.8 Å². The van der Waals surface area contributed by atoms with Crippen molar-refractivity contribution in [1.82, 2.24) is 5.43 Å². The van der Waals surface area contributed by atoms with Crippen LogP contribution in [-0.2, 0) is 9.59 Å². The highest BCUT2D eigenvalue weighted by Gasteiger charge is 2.16. The number of carbonyl (C=O) groups excluding carboxylic acids is 3. The molecule has 0 unspecified atom stereocenters. The lowest BCUT2D eigenvalue weighted by molar-refractivity contribution is -0.136. The number of rotatable bonds is 6. The first-order chi connectivity index (χ1) is 16.3. The summed E-state index contributed by atoms with van der Waals surface area (Å²) < 4.78 is 10.6. The zero-order chi connectivity index (χ0) is 24.7. The number of nitrogens with one attached hydrogen (secondary N) is 2. The molecule has 0 saturated carbocycles. The van der Waals surface area contributed by atoms with Crippen LogP contribution < -0.4 is 20.2 Å². The van der Waals surface area contributed by atoms with Crippen molar-refractivity contribution in [3.63, 3.8) is 0 Å². The Balaban J connectivity index is 1.61. The van der Waals surface area contributed by atoms with Crippen molar-refractivity contribution < 1.29 is 23.9 Å². The van der Waals surface area contributed by atoms with Gasteiger partial charge in [0.1, 0.15) is 17.1 Å². The van der Waals surface area contributed by atoms with Gasteiger partial charge in [-0.1, -0.05) is 30.3 Å². The van der Waals surface area contributed by atoms with Gasteiger partial charge in [-0.3, -0.25) is 9.59 Å². The number of carbonyl (C=O) groups is 3. The van der Waals surface area contributed by atoms with E-state index in [1.165, 1.54) is 7.11 Å². The van der Waals surface area contributed by atoms with Crippen LogP contribution in [0, 0.1) is 13.8 Å². The number of methoxy groups -OCH3 is 1. The number of aryl methyl sites for hydroxylation is 2. The summed E-state index contributed by atoms with van der Waals surface area (Å²) in [5, 5.41) is 6.61. The highest BCUT2D eigenvalue weighted by Crippen LogP contribution is 2.21. The van der Waals surface area contributed by atoms with Gasteiger partial charge >= 0.3 is 17.8 Å². The molecule has 0 atom stereocenters. The SMILES string of the molecule is COc1ccccc1C(=O)Oc1ccc(/C(C)=N/NC(=O)C(=O)Nc2c(C)cccc2C)cc1. The zero-order valence-electron chi connectivity index (χ0n) is 19.3. The Hall–Kier alpha value is -4.46. The molecule has 8 heteroatoms. The highest BCUT2D eigenvalue weighted by molar-refractivity contribution is 6.39. The van der Waals surface area contributed by atoms with Crippen molar-refractivity contribution in [3.8, 4) is 11.5 Å². The minimum absolute atomic E-state index is 0.314. The van der Waals surface area contributed by atoms with Crippen molar-refractivity contribution in [1.29, 1.82) is 0 Å². The molecule has 2 amide bonds.